The van der Waals surface area contributed by atoms with Crippen molar-refractivity contribution in [2.45, 2.75) is 6.61 Å². The van der Waals surface area contributed by atoms with Crippen molar-refractivity contribution in [3.63, 3.8) is 0 Å². The van der Waals surface area contributed by atoms with E-state index in [0.29, 0.717) is 17.1 Å². The molecule has 0 fully saturated rings. The van der Waals surface area contributed by atoms with Gasteiger partial charge in [0.05, 0.1) is 32.0 Å². The van der Waals surface area contributed by atoms with Gasteiger partial charge in [-0.05, 0) is 24.3 Å². The summed E-state index contributed by atoms with van der Waals surface area (Å²) in [4.78, 5) is 0. The lowest BCUT2D eigenvalue weighted by molar-refractivity contribution is 0.281. The number of halogens is 2. The van der Waals surface area contributed by atoms with Crippen molar-refractivity contribution in [1.82, 2.24) is 5.16 Å². The Bertz CT molecular complexity index is 866. The van der Waals surface area contributed by atoms with E-state index in [2.05, 4.69) is 5.16 Å². The summed E-state index contributed by atoms with van der Waals surface area (Å²) in [5.41, 5.74) is 1.15. The highest BCUT2D eigenvalue weighted by Gasteiger charge is 2.24. The number of hydrogen-bond acceptors (Lipinski definition) is 5. The van der Waals surface area contributed by atoms with Gasteiger partial charge < -0.3 is 19.1 Å². The molecule has 0 radical (unpaired) electrons. The summed E-state index contributed by atoms with van der Waals surface area (Å²) in [6.45, 7) is -0.451. The van der Waals surface area contributed by atoms with Crippen LogP contribution in [-0.4, -0.2) is 24.5 Å². The Morgan fingerprint density at radius 3 is 2.16 bits per heavy atom. The standard InChI is InChI=1S/C18H15F2NO4/c1-23-14-4-3-5-15(24-2)16(14)17-13(9-22)18(25-21-17)10-6-11(19)8-12(20)7-10/h3-8,22H,9H2,1-2H3. The van der Waals surface area contributed by atoms with Gasteiger partial charge >= 0.3 is 0 Å². The number of aromatic nitrogens is 1. The van der Waals surface area contributed by atoms with E-state index in [9.17, 15) is 13.9 Å². The Morgan fingerprint density at radius 1 is 1.04 bits per heavy atom. The van der Waals surface area contributed by atoms with Crippen molar-refractivity contribution >= 4 is 0 Å². The van der Waals surface area contributed by atoms with Gasteiger partial charge in [-0.2, -0.15) is 0 Å². The highest BCUT2D eigenvalue weighted by molar-refractivity contribution is 5.80. The van der Waals surface area contributed by atoms with E-state index >= 15 is 0 Å². The van der Waals surface area contributed by atoms with Crippen LogP contribution >= 0.6 is 0 Å². The van der Waals surface area contributed by atoms with Crippen LogP contribution < -0.4 is 9.47 Å². The summed E-state index contributed by atoms with van der Waals surface area (Å²) in [5, 5.41) is 13.8. The van der Waals surface area contributed by atoms with Crippen LogP contribution in [0.25, 0.3) is 22.6 Å². The predicted octanol–water partition coefficient (Wildman–Crippen LogP) is 3.80. The van der Waals surface area contributed by atoms with E-state index in [-0.39, 0.29) is 22.6 Å². The first-order valence-electron chi connectivity index (χ1n) is 7.36. The average molecular weight is 347 g/mol. The van der Waals surface area contributed by atoms with Crippen LogP contribution in [0.2, 0.25) is 0 Å². The van der Waals surface area contributed by atoms with Gasteiger partial charge in [0, 0.05) is 11.6 Å². The summed E-state index contributed by atoms with van der Waals surface area (Å²) in [7, 11) is 2.97. The average Bonchev–Trinajstić information content (AvgIpc) is 3.03. The van der Waals surface area contributed by atoms with Gasteiger partial charge in [-0.3, -0.25) is 0 Å². The van der Waals surface area contributed by atoms with Gasteiger partial charge in [0.2, 0.25) is 0 Å². The smallest absolute Gasteiger partial charge is 0.173 e. The summed E-state index contributed by atoms with van der Waals surface area (Å²) in [6, 6.07) is 8.10. The number of rotatable bonds is 5. The molecule has 0 bridgehead atoms. The Balaban J connectivity index is 2.23. The fourth-order valence-corrected chi connectivity index (χ4v) is 2.65. The van der Waals surface area contributed by atoms with Crippen LogP contribution in [0.1, 0.15) is 5.56 Å². The number of hydrogen-bond donors (Lipinski definition) is 1. The second-order valence-electron chi connectivity index (χ2n) is 5.19. The van der Waals surface area contributed by atoms with Crippen LogP contribution in [0.4, 0.5) is 8.78 Å². The zero-order valence-electron chi connectivity index (χ0n) is 13.5. The molecule has 25 heavy (non-hydrogen) atoms. The fraction of sp³-hybridized carbons (Fsp3) is 0.167. The fourth-order valence-electron chi connectivity index (χ4n) is 2.65. The molecule has 0 saturated carbocycles. The lowest BCUT2D eigenvalue weighted by atomic mass is 10.0. The first kappa shape index (κ1) is 16.9. The molecule has 1 N–H and O–H groups in total. The maximum atomic E-state index is 13.5. The van der Waals surface area contributed by atoms with Crippen molar-refractivity contribution in [2.24, 2.45) is 0 Å². The molecule has 0 aliphatic carbocycles. The number of aliphatic hydroxyl groups is 1. The van der Waals surface area contributed by atoms with Gasteiger partial charge in [0.1, 0.15) is 28.8 Å². The van der Waals surface area contributed by atoms with Crippen molar-refractivity contribution in [3.8, 4) is 34.1 Å². The Hall–Kier alpha value is -2.93. The second kappa shape index (κ2) is 6.90. The predicted molar refractivity (Wildman–Crippen MR) is 86.3 cm³/mol. The van der Waals surface area contributed by atoms with Crippen LogP contribution in [0.5, 0.6) is 11.5 Å². The molecule has 130 valence electrons. The maximum absolute atomic E-state index is 13.5. The third kappa shape index (κ3) is 3.06. The lowest BCUT2D eigenvalue weighted by Gasteiger charge is -2.11. The molecule has 7 heteroatoms. The molecule has 0 aliphatic rings. The normalized spacial score (nSPS) is 10.8. The lowest BCUT2D eigenvalue weighted by Crippen LogP contribution is -1.96. The van der Waals surface area contributed by atoms with E-state index in [1.54, 1.807) is 18.2 Å². The van der Waals surface area contributed by atoms with Crippen LogP contribution in [0, 0.1) is 11.6 Å². The van der Waals surface area contributed by atoms with Gasteiger partial charge in [-0.25, -0.2) is 8.78 Å². The molecule has 0 aliphatic heterocycles. The molecule has 1 heterocycles. The third-order valence-corrected chi connectivity index (χ3v) is 3.74. The van der Waals surface area contributed by atoms with Crippen LogP contribution in [0.15, 0.2) is 40.9 Å². The molecule has 2 aromatic carbocycles. The minimum Gasteiger partial charge on any atom is -0.496 e. The van der Waals surface area contributed by atoms with Crippen LogP contribution in [0.3, 0.4) is 0 Å². The van der Waals surface area contributed by atoms with Gasteiger partial charge in [0.25, 0.3) is 0 Å². The molecule has 3 aromatic rings. The maximum Gasteiger partial charge on any atom is 0.173 e. The molecule has 0 amide bonds. The summed E-state index contributed by atoms with van der Waals surface area (Å²) >= 11 is 0. The molecule has 0 spiro atoms. The van der Waals surface area contributed by atoms with Crippen molar-refractivity contribution in [3.05, 3.63) is 53.6 Å². The molecule has 0 saturated heterocycles. The summed E-state index contributed by atoms with van der Waals surface area (Å²) in [5.74, 6) is -0.527. The van der Waals surface area contributed by atoms with E-state index in [1.807, 2.05) is 0 Å². The SMILES string of the molecule is COc1cccc(OC)c1-c1noc(-c2cc(F)cc(F)c2)c1CO. The minimum atomic E-state index is -0.758. The first-order chi connectivity index (χ1) is 12.1. The monoisotopic (exact) mass is 347 g/mol. The third-order valence-electron chi connectivity index (χ3n) is 3.74. The second-order valence-corrected chi connectivity index (χ2v) is 5.19. The molecule has 0 unspecified atom stereocenters. The number of ether oxygens (including phenoxy) is 2. The Morgan fingerprint density at radius 2 is 1.64 bits per heavy atom. The first-order valence-corrected chi connectivity index (χ1v) is 7.36. The zero-order valence-corrected chi connectivity index (χ0v) is 13.5. The quantitative estimate of drug-likeness (QED) is 0.761. The molecule has 3 rings (SSSR count). The molecular formula is C18H15F2NO4. The van der Waals surface area contributed by atoms with E-state index in [0.717, 1.165) is 18.2 Å². The van der Waals surface area contributed by atoms with Gasteiger partial charge in [0.15, 0.2) is 5.76 Å². The number of nitrogens with zero attached hydrogens (tertiary/aromatic N) is 1. The number of methoxy groups -OCH3 is 2. The Labute approximate surface area is 142 Å². The highest BCUT2D eigenvalue weighted by Crippen LogP contribution is 2.42. The summed E-state index contributed by atoms with van der Waals surface area (Å²) < 4.78 is 43.0. The number of aliphatic hydroxyl groups excluding tert-OH is 1. The molecular weight excluding hydrogens is 332 g/mol. The van der Waals surface area contributed by atoms with E-state index in [1.165, 1.54) is 14.2 Å². The summed E-state index contributed by atoms with van der Waals surface area (Å²) in [6.07, 6.45) is 0. The van der Waals surface area contributed by atoms with E-state index in [4.69, 9.17) is 14.0 Å². The van der Waals surface area contributed by atoms with Gasteiger partial charge in [-0.1, -0.05) is 11.2 Å². The topological polar surface area (TPSA) is 64.7 Å². The molecule has 1 aromatic heterocycles. The number of benzene rings is 2. The highest BCUT2D eigenvalue weighted by atomic mass is 19.1. The van der Waals surface area contributed by atoms with Crippen LogP contribution in [-0.2, 0) is 6.61 Å². The largest absolute Gasteiger partial charge is 0.496 e. The van der Waals surface area contributed by atoms with Crippen molar-refractivity contribution < 1.29 is 27.9 Å². The minimum absolute atomic E-state index is 0.0730. The Kier molecular flexibility index (Phi) is 4.67. The van der Waals surface area contributed by atoms with Crippen molar-refractivity contribution in [1.29, 1.82) is 0 Å². The van der Waals surface area contributed by atoms with Crippen molar-refractivity contribution in [2.75, 3.05) is 14.2 Å². The molecule has 0 atom stereocenters. The van der Waals surface area contributed by atoms with E-state index < -0.39 is 18.2 Å². The molecule has 5 nitrogen and oxygen atoms in total. The van der Waals surface area contributed by atoms with Gasteiger partial charge in [-0.15, -0.1) is 0 Å². The zero-order chi connectivity index (χ0) is 18.0.